The number of carboxylic acids is 1. The van der Waals surface area contributed by atoms with Gasteiger partial charge < -0.3 is 5.11 Å². The monoisotopic (exact) mass is 363 g/mol. The van der Waals surface area contributed by atoms with Gasteiger partial charge in [-0.2, -0.15) is 5.10 Å². The third-order valence-corrected chi connectivity index (χ3v) is 4.45. The van der Waals surface area contributed by atoms with Gasteiger partial charge in [-0.3, -0.25) is 0 Å². The number of benzene rings is 2. The molecule has 0 bridgehead atoms. The maximum Gasteiger partial charge on any atom is 0.336 e. The van der Waals surface area contributed by atoms with Gasteiger partial charge in [-0.1, -0.05) is 63.2 Å². The summed E-state index contributed by atoms with van der Waals surface area (Å²) in [5, 5.41) is 14.0. The van der Waals surface area contributed by atoms with E-state index in [9.17, 15) is 9.90 Å². The molecule has 0 radical (unpaired) electrons. The molecule has 0 aliphatic carbocycles. The summed E-state index contributed by atoms with van der Waals surface area (Å²) in [4.78, 5) is 16.1. The Morgan fingerprint density at radius 2 is 1.81 bits per heavy atom. The Morgan fingerprint density at radius 3 is 2.44 bits per heavy atom. The van der Waals surface area contributed by atoms with Crippen LogP contribution in [0, 0.1) is 5.92 Å². The molecule has 3 aromatic rings. The summed E-state index contributed by atoms with van der Waals surface area (Å²) in [5.74, 6) is 1.50. The molecule has 27 heavy (non-hydrogen) atoms. The Kier molecular flexibility index (Phi) is 5.69. The lowest BCUT2D eigenvalue weighted by Crippen LogP contribution is -2.09. The van der Waals surface area contributed by atoms with Crippen LogP contribution in [-0.2, 0) is 19.4 Å². The Labute approximate surface area is 159 Å². The van der Waals surface area contributed by atoms with Crippen LogP contribution in [0.2, 0.25) is 0 Å². The van der Waals surface area contributed by atoms with E-state index in [-0.39, 0.29) is 0 Å². The molecular formula is C22H25N3O2. The van der Waals surface area contributed by atoms with Gasteiger partial charge in [-0.25, -0.2) is 14.5 Å². The molecule has 0 saturated carbocycles. The third kappa shape index (κ3) is 4.42. The van der Waals surface area contributed by atoms with Crippen molar-refractivity contribution < 1.29 is 9.90 Å². The Hall–Kier alpha value is -2.95. The summed E-state index contributed by atoms with van der Waals surface area (Å²) >= 11 is 0. The van der Waals surface area contributed by atoms with Gasteiger partial charge in [0.2, 0.25) is 0 Å². The van der Waals surface area contributed by atoms with Crippen molar-refractivity contribution in [2.45, 2.75) is 40.2 Å². The molecule has 5 heteroatoms. The van der Waals surface area contributed by atoms with Crippen LogP contribution in [0.25, 0.3) is 11.1 Å². The van der Waals surface area contributed by atoms with Crippen LogP contribution in [0.5, 0.6) is 0 Å². The lowest BCUT2D eigenvalue weighted by Gasteiger charge is -2.10. The standard InChI is InChI=1S/C22H25N3O2/c1-4-20-23-21(13-15(2)3)25(24-20)14-16-9-11-17(12-10-16)18-7-5-6-8-19(18)22(26)27/h5-12,15H,4,13-14H2,1-3H3,(H,26,27). The fourth-order valence-corrected chi connectivity index (χ4v) is 3.10. The van der Waals surface area contributed by atoms with Gasteiger partial charge in [-0.15, -0.1) is 0 Å². The molecule has 1 N–H and O–H groups in total. The lowest BCUT2D eigenvalue weighted by atomic mass is 9.99. The van der Waals surface area contributed by atoms with Crippen LogP contribution in [-0.4, -0.2) is 25.8 Å². The largest absolute Gasteiger partial charge is 0.478 e. The van der Waals surface area contributed by atoms with Gasteiger partial charge in [0.05, 0.1) is 12.1 Å². The minimum atomic E-state index is -0.914. The van der Waals surface area contributed by atoms with Crippen molar-refractivity contribution in [1.82, 2.24) is 14.8 Å². The molecule has 5 nitrogen and oxygen atoms in total. The van der Waals surface area contributed by atoms with Crippen molar-refractivity contribution >= 4 is 5.97 Å². The molecule has 140 valence electrons. The van der Waals surface area contributed by atoms with E-state index in [0.29, 0.717) is 18.0 Å². The zero-order chi connectivity index (χ0) is 19.4. The van der Waals surface area contributed by atoms with Gasteiger partial charge >= 0.3 is 5.97 Å². The van der Waals surface area contributed by atoms with Crippen molar-refractivity contribution in [2.24, 2.45) is 5.92 Å². The number of carboxylic acid groups (broad SMARTS) is 1. The molecule has 1 heterocycles. The minimum absolute atomic E-state index is 0.313. The van der Waals surface area contributed by atoms with E-state index in [1.54, 1.807) is 12.1 Å². The Balaban J connectivity index is 1.85. The average Bonchev–Trinajstić information content (AvgIpc) is 3.03. The van der Waals surface area contributed by atoms with Gasteiger partial charge in [0, 0.05) is 12.8 Å². The summed E-state index contributed by atoms with van der Waals surface area (Å²) in [5.41, 5.74) is 3.05. The third-order valence-electron chi connectivity index (χ3n) is 4.45. The SMILES string of the molecule is CCc1nc(CC(C)C)n(Cc2ccc(-c3ccccc3C(=O)O)cc2)n1. The maximum atomic E-state index is 11.4. The zero-order valence-corrected chi connectivity index (χ0v) is 16.0. The molecule has 0 unspecified atom stereocenters. The van der Waals surface area contributed by atoms with Gasteiger partial charge in [0.25, 0.3) is 0 Å². The van der Waals surface area contributed by atoms with E-state index in [0.717, 1.165) is 41.2 Å². The second kappa shape index (κ2) is 8.16. The number of aromatic carboxylic acids is 1. The Morgan fingerprint density at radius 1 is 1.11 bits per heavy atom. The number of rotatable bonds is 7. The molecular weight excluding hydrogens is 338 g/mol. The summed E-state index contributed by atoms with van der Waals surface area (Å²) in [6, 6.07) is 15.1. The summed E-state index contributed by atoms with van der Waals surface area (Å²) in [6.45, 7) is 7.09. The van der Waals surface area contributed by atoms with Crippen LogP contribution in [0.15, 0.2) is 48.5 Å². The van der Waals surface area contributed by atoms with Gasteiger partial charge in [-0.05, 0) is 28.7 Å². The van der Waals surface area contributed by atoms with Crippen LogP contribution < -0.4 is 0 Å². The van der Waals surface area contributed by atoms with E-state index in [4.69, 9.17) is 0 Å². The van der Waals surface area contributed by atoms with Crippen molar-refractivity contribution in [3.05, 3.63) is 71.3 Å². The quantitative estimate of drug-likeness (QED) is 0.673. The molecule has 0 spiro atoms. The van der Waals surface area contributed by atoms with E-state index in [1.807, 2.05) is 41.1 Å². The fourth-order valence-electron chi connectivity index (χ4n) is 3.10. The van der Waals surface area contributed by atoms with Crippen LogP contribution >= 0.6 is 0 Å². The summed E-state index contributed by atoms with van der Waals surface area (Å²) in [7, 11) is 0. The molecule has 2 aromatic carbocycles. The highest BCUT2D eigenvalue weighted by Crippen LogP contribution is 2.24. The van der Waals surface area contributed by atoms with Crippen molar-refractivity contribution in [3.63, 3.8) is 0 Å². The summed E-state index contributed by atoms with van der Waals surface area (Å²) in [6.07, 6.45) is 1.72. The smallest absolute Gasteiger partial charge is 0.336 e. The molecule has 1 aromatic heterocycles. The number of hydrogen-bond donors (Lipinski definition) is 1. The molecule has 3 rings (SSSR count). The first-order valence-corrected chi connectivity index (χ1v) is 9.32. The first-order chi connectivity index (χ1) is 13.0. The van der Waals surface area contributed by atoms with E-state index >= 15 is 0 Å². The second-order valence-electron chi connectivity index (χ2n) is 7.10. The minimum Gasteiger partial charge on any atom is -0.478 e. The normalized spacial score (nSPS) is 11.1. The maximum absolute atomic E-state index is 11.4. The topological polar surface area (TPSA) is 68.0 Å². The highest BCUT2D eigenvalue weighted by Gasteiger charge is 2.13. The average molecular weight is 363 g/mol. The number of hydrogen-bond acceptors (Lipinski definition) is 3. The predicted octanol–water partition coefficient (Wildman–Crippen LogP) is 4.45. The molecule has 0 aliphatic rings. The zero-order valence-electron chi connectivity index (χ0n) is 16.0. The molecule has 0 fully saturated rings. The number of carbonyl (C=O) groups is 1. The molecule has 0 atom stereocenters. The number of aryl methyl sites for hydroxylation is 1. The highest BCUT2D eigenvalue weighted by atomic mass is 16.4. The van der Waals surface area contributed by atoms with E-state index in [2.05, 4.69) is 30.9 Å². The molecule has 0 saturated heterocycles. The molecule has 0 aliphatic heterocycles. The van der Waals surface area contributed by atoms with Crippen molar-refractivity contribution in [3.8, 4) is 11.1 Å². The summed E-state index contributed by atoms with van der Waals surface area (Å²) < 4.78 is 1.99. The van der Waals surface area contributed by atoms with E-state index < -0.39 is 5.97 Å². The van der Waals surface area contributed by atoms with Gasteiger partial charge in [0.1, 0.15) is 5.82 Å². The van der Waals surface area contributed by atoms with Crippen LogP contribution in [0.4, 0.5) is 0 Å². The van der Waals surface area contributed by atoms with Crippen molar-refractivity contribution in [1.29, 1.82) is 0 Å². The number of nitrogens with zero attached hydrogens (tertiary/aromatic N) is 3. The van der Waals surface area contributed by atoms with Crippen molar-refractivity contribution in [2.75, 3.05) is 0 Å². The first kappa shape index (κ1) is 18.8. The lowest BCUT2D eigenvalue weighted by molar-refractivity contribution is 0.0697. The van der Waals surface area contributed by atoms with Crippen LogP contribution in [0.1, 0.15) is 48.3 Å². The first-order valence-electron chi connectivity index (χ1n) is 9.32. The number of aromatic nitrogens is 3. The van der Waals surface area contributed by atoms with E-state index in [1.165, 1.54) is 0 Å². The second-order valence-corrected chi connectivity index (χ2v) is 7.10. The fraction of sp³-hybridized carbons (Fsp3) is 0.318. The van der Waals surface area contributed by atoms with Crippen LogP contribution in [0.3, 0.4) is 0 Å². The Bertz CT molecular complexity index is 927. The predicted molar refractivity (Wildman–Crippen MR) is 106 cm³/mol. The highest BCUT2D eigenvalue weighted by molar-refractivity contribution is 5.95. The van der Waals surface area contributed by atoms with Gasteiger partial charge in [0.15, 0.2) is 5.82 Å². The molecule has 0 amide bonds.